The van der Waals surface area contributed by atoms with Crippen molar-refractivity contribution in [3.63, 3.8) is 0 Å². The van der Waals surface area contributed by atoms with Crippen LogP contribution < -0.4 is 5.32 Å². The molecule has 0 radical (unpaired) electrons. The Kier molecular flexibility index (Phi) is 7.74. The van der Waals surface area contributed by atoms with Gasteiger partial charge in [-0.15, -0.1) is 0 Å². The molecule has 4 atom stereocenters. The zero-order valence-electron chi connectivity index (χ0n) is 20.6. The molecule has 0 bridgehead atoms. The third-order valence-corrected chi connectivity index (χ3v) is 7.58. The minimum absolute atomic E-state index is 0.0418. The standard InChI is InChI=1S/C26H27F6N3O3/c1-12-5-22(35(13(12)2)25(38)14-3-4-33-16(6-14)11-27)24(37)34-23(15-7-17(36)8-15)18-9-21(29)19(10-20(18)28)26(30,31)32/h3-4,6,9-10,12-13,15,17,22-23,36H,5,7-8,11H2,1-2H3,(H,34,37)/t12-,13-,15?,17?,22-,23-/m1/s1. The van der Waals surface area contributed by atoms with E-state index in [1.807, 2.05) is 6.92 Å². The molecular weight excluding hydrogens is 516 g/mol. The maximum atomic E-state index is 14.9. The minimum Gasteiger partial charge on any atom is -0.393 e. The summed E-state index contributed by atoms with van der Waals surface area (Å²) >= 11 is 0. The quantitative estimate of drug-likeness (QED) is 0.517. The van der Waals surface area contributed by atoms with E-state index in [-0.39, 0.29) is 42.5 Å². The Balaban J connectivity index is 1.64. The molecule has 1 aliphatic carbocycles. The predicted molar refractivity (Wildman–Crippen MR) is 123 cm³/mol. The van der Waals surface area contributed by atoms with Gasteiger partial charge in [-0.2, -0.15) is 13.2 Å². The molecule has 1 saturated heterocycles. The number of nitrogens with one attached hydrogen (secondary N) is 1. The molecule has 0 unspecified atom stereocenters. The second-order valence-corrected chi connectivity index (χ2v) is 10.1. The normalized spacial score (nSPS) is 26.1. The summed E-state index contributed by atoms with van der Waals surface area (Å²) in [5.74, 6) is -4.95. The molecule has 38 heavy (non-hydrogen) atoms. The van der Waals surface area contributed by atoms with Gasteiger partial charge in [0, 0.05) is 23.4 Å². The number of carbonyl (C=O) groups excluding carboxylic acids is 2. The second kappa shape index (κ2) is 10.5. The number of aromatic nitrogens is 1. The van der Waals surface area contributed by atoms with E-state index in [9.17, 15) is 41.0 Å². The number of nitrogens with zero attached hydrogens (tertiary/aromatic N) is 2. The van der Waals surface area contributed by atoms with E-state index in [1.54, 1.807) is 6.92 Å². The molecule has 2 fully saturated rings. The van der Waals surface area contributed by atoms with Crippen molar-refractivity contribution < 1.29 is 41.0 Å². The van der Waals surface area contributed by atoms with Gasteiger partial charge in [-0.1, -0.05) is 6.92 Å². The SMILES string of the molecule is C[C@@H]1C[C@H](C(=O)N[C@@H](c2cc(F)c(C(F)(F)F)cc2F)C2CC(O)C2)N(C(=O)c2ccnc(CF)c2)[C@@H]1C. The number of hydrogen-bond acceptors (Lipinski definition) is 4. The van der Waals surface area contributed by atoms with Crippen LogP contribution in [0.4, 0.5) is 26.3 Å². The first-order valence-corrected chi connectivity index (χ1v) is 12.2. The molecule has 2 N–H and O–H groups in total. The lowest BCUT2D eigenvalue weighted by Crippen LogP contribution is -2.51. The zero-order chi connectivity index (χ0) is 27.9. The Hall–Kier alpha value is -3.15. The second-order valence-electron chi connectivity index (χ2n) is 10.1. The van der Waals surface area contributed by atoms with Gasteiger partial charge in [-0.3, -0.25) is 14.6 Å². The van der Waals surface area contributed by atoms with Crippen LogP contribution in [0.5, 0.6) is 0 Å². The van der Waals surface area contributed by atoms with Crippen LogP contribution in [0.2, 0.25) is 0 Å². The van der Waals surface area contributed by atoms with E-state index >= 15 is 0 Å². The van der Waals surface area contributed by atoms with Crippen molar-refractivity contribution in [3.8, 4) is 0 Å². The third kappa shape index (κ3) is 5.36. The smallest absolute Gasteiger partial charge is 0.393 e. The van der Waals surface area contributed by atoms with Gasteiger partial charge in [0.25, 0.3) is 5.91 Å². The largest absolute Gasteiger partial charge is 0.419 e. The maximum Gasteiger partial charge on any atom is 0.419 e. The number of amides is 2. The molecule has 2 aliphatic rings. The van der Waals surface area contributed by atoms with Crippen molar-refractivity contribution in [2.45, 2.75) is 70.2 Å². The lowest BCUT2D eigenvalue weighted by Gasteiger charge is -2.39. The summed E-state index contributed by atoms with van der Waals surface area (Å²) in [4.78, 5) is 32.0. The van der Waals surface area contributed by atoms with Crippen molar-refractivity contribution in [3.05, 3.63) is 64.5 Å². The van der Waals surface area contributed by atoms with Crippen LogP contribution in [0.1, 0.15) is 66.3 Å². The van der Waals surface area contributed by atoms with Gasteiger partial charge in [-0.25, -0.2) is 13.2 Å². The lowest BCUT2D eigenvalue weighted by molar-refractivity contribution is -0.140. The number of rotatable bonds is 6. The van der Waals surface area contributed by atoms with Crippen LogP contribution in [0.15, 0.2) is 30.5 Å². The molecule has 12 heteroatoms. The molecule has 2 heterocycles. The van der Waals surface area contributed by atoms with E-state index in [0.717, 1.165) is 0 Å². The minimum atomic E-state index is -5.11. The summed E-state index contributed by atoms with van der Waals surface area (Å²) in [7, 11) is 0. The van der Waals surface area contributed by atoms with Gasteiger partial charge in [0.2, 0.25) is 5.91 Å². The number of hydrogen-bond donors (Lipinski definition) is 2. The molecule has 1 aromatic heterocycles. The van der Waals surface area contributed by atoms with Crippen LogP contribution in [-0.4, -0.2) is 45.0 Å². The molecule has 1 saturated carbocycles. The van der Waals surface area contributed by atoms with Crippen molar-refractivity contribution in [2.75, 3.05) is 0 Å². The highest BCUT2D eigenvalue weighted by Gasteiger charge is 2.46. The maximum absolute atomic E-state index is 14.9. The summed E-state index contributed by atoms with van der Waals surface area (Å²) < 4.78 is 81.6. The number of halogens is 6. The first kappa shape index (κ1) is 27.9. The highest BCUT2D eigenvalue weighted by molar-refractivity contribution is 5.98. The van der Waals surface area contributed by atoms with Crippen molar-refractivity contribution in [1.82, 2.24) is 15.2 Å². The average Bonchev–Trinajstić information content (AvgIpc) is 3.15. The fourth-order valence-corrected chi connectivity index (χ4v) is 5.23. The number of pyridine rings is 1. The first-order valence-electron chi connectivity index (χ1n) is 12.2. The highest BCUT2D eigenvalue weighted by Crippen LogP contribution is 2.42. The monoisotopic (exact) mass is 543 g/mol. The van der Waals surface area contributed by atoms with Gasteiger partial charge in [0.15, 0.2) is 0 Å². The number of carbonyl (C=O) groups is 2. The van der Waals surface area contributed by atoms with Gasteiger partial charge >= 0.3 is 6.18 Å². The fraction of sp³-hybridized carbons (Fsp3) is 0.500. The van der Waals surface area contributed by atoms with Crippen molar-refractivity contribution in [1.29, 1.82) is 0 Å². The molecule has 2 amide bonds. The van der Waals surface area contributed by atoms with Crippen LogP contribution in [0.25, 0.3) is 0 Å². The van der Waals surface area contributed by atoms with Gasteiger partial charge in [0.1, 0.15) is 24.4 Å². The topological polar surface area (TPSA) is 82.5 Å². The molecule has 1 aromatic carbocycles. The average molecular weight is 544 g/mol. The van der Waals surface area contributed by atoms with Gasteiger partial charge in [-0.05, 0) is 62.3 Å². The number of aliphatic hydroxyl groups excluding tert-OH is 1. The fourth-order valence-electron chi connectivity index (χ4n) is 5.23. The Labute approximate surface area is 215 Å². The summed E-state index contributed by atoms with van der Waals surface area (Å²) in [6.45, 7) is 2.70. The van der Waals surface area contributed by atoms with E-state index in [0.29, 0.717) is 6.07 Å². The number of benzene rings is 1. The Morgan fingerprint density at radius 1 is 1.13 bits per heavy atom. The molecule has 2 aromatic rings. The van der Waals surface area contributed by atoms with Gasteiger partial charge < -0.3 is 15.3 Å². The molecular formula is C26H27F6N3O3. The molecule has 0 spiro atoms. The van der Waals surface area contributed by atoms with Crippen LogP contribution in [0.3, 0.4) is 0 Å². The highest BCUT2D eigenvalue weighted by atomic mass is 19.4. The van der Waals surface area contributed by atoms with E-state index in [2.05, 4.69) is 10.3 Å². The van der Waals surface area contributed by atoms with E-state index in [4.69, 9.17) is 0 Å². The molecule has 1 aliphatic heterocycles. The third-order valence-electron chi connectivity index (χ3n) is 7.58. The Morgan fingerprint density at radius 2 is 1.82 bits per heavy atom. The number of alkyl halides is 4. The number of aliphatic hydroxyl groups is 1. The Morgan fingerprint density at radius 3 is 2.42 bits per heavy atom. The summed E-state index contributed by atoms with van der Waals surface area (Å²) in [5.41, 5.74) is -2.07. The zero-order valence-corrected chi connectivity index (χ0v) is 20.6. The van der Waals surface area contributed by atoms with Gasteiger partial charge in [0.05, 0.1) is 23.4 Å². The summed E-state index contributed by atoms with van der Waals surface area (Å²) in [6, 6.07) is 0.502. The van der Waals surface area contributed by atoms with Crippen LogP contribution in [-0.2, 0) is 17.6 Å². The molecule has 4 rings (SSSR count). The van der Waals surface area contributed by atoms with Crippen LogP contribution in [0, 0.1) is 23.5 Å². The molecule has 6 nitrogen and oxygen atoms in total. The summed E-state index contributed by atoms with van der Waals surface area (Å²) in [6.07, 6.45) is -4.10. The van der Waals surface area contributed by atoms with E-state index < -0.39 is 77.6 Å². The molecule has 206 valence electrons. The summed E-state index contributed by atoms with van der Waals surface area (Å²) in [5, 5.41) is 12.4. The predicted octanol–water partition coefficient (Wildman–Crippen LogP) is 4.72. The van der Waals surface area contributed by atoms with E-state index in [1.165, 1.54) is 23.2 Å². The Bertz CT molecular complexity index is 1220. The van der Waals surface area contributed by atoms with Crippen molar-refractivity contribution >= 4 is 11.8 Å². The number of likely N-dealkylation sites (tertiary alicyclic amines) is 1. The first-order chi connectivity index (χ1) is 17.8. The van der Waals surface area contributed by atoms with Crippen molar-refractivity contribution in [2.24, 2.45) is 11.8 Å². The van der Waals surface area contributed by atoms with Crippen LogP contribution >= 0.6 is 0 Å². The lowest BCUT2D eigenvalue weighted by atomic mass is 9.74.